The maximum absolute atomic E-state index is 10.1. The minimum Gasteiger partial charge on any atom is -0.390 e. The van der Waals surface area contributed by atoms with Gasteiger partial charge in [0.25, 0.3) is 0 Å². The van der Waals surface area contributed by atoms with Crippen molar-refractivity contribution in [1.82, 2.24) is 0 Å². The zero-order valence-electron chi connectivity index (χ0n) is 11.0. The fraction of sp³-hybridized carbons (Fsp3) is 0.714. The molecule has 0 radical (unpaired) electrons. The van der Waals surface area contributed by atoms with Crippen molar-refractivity contribution in [3.05, 3.63) is 12.2 Å². The fourth-order valence-electron chi connectivity index (χ4n) is 1.65. The smallest absolute Gasteiger partial charge is 0.128 e. The maximum atomic E-state index is 10.1. The number of terminal acetylenes is 1. The molecule has 0 aliphatic carbocycles. The Kier molecular flexibility index (Phi) is 4.79. The molecular formula is C14H24O2. The topological polar surface area (TPSA) is 40.5 Å². The molecule has 0 saturated carbocycles. The number of hydrogen-bond acceptors (Lipinski definition) is 2. The molecule has 92 valence electrons. The van der Waals surface area contributed by atoms with E-state index in [0.717, 1.165) is 5.57 Å². The molecule has 0 spiro atoms. The number of hydrogen-bond donors (Lipinski definition) is 2. The van der Waals surface area contributed by atoms with Crippen LogP contribution in [0.3, 0.4) is 0 Å². The normalized spacial score (nSPS) is 19.4. The first-order valence-electron chi connectivity index (χ1n) is 5.60. The maximum Gasteiger partial charge on any atom is 0.128 e. The average molecular weight is 224 g/mol. The molecule has 3 unspecified atom stereocenters. The van der Waals surface area contributed by atoms with Crippen LogP contribution in [0.5, 0.6) is 0 Å². The lowest BCUT2D eigenvalue weighted by Gasteiger charge is -2.35. The lowest BCUT2D eigenvalue weighted by atomic mass is 9.75. The van der Waals surface area contributed by atoms with E-state index in [-0.39, 0.29) is 11.8 Å². The first kappa shape index (κ1) is 15.2. The highest BCUT2D eigenvalue weighted by atomic mass is 16.3. The van der Waals surface area contributed by atoms with Gasteiger partial charge in [0.1, 0.15) is 5.60 Å². The van der Waals surface area contributed by atoms with Crippen molar-refractivity contribution in [2.75, 3.05) is 0 Å². The van der Waals surface area contributed by atoms with Gasteiger partial charge >= 0.3 is 0 Å². The third-order valence-electron chi connectivity index (χ3n) is 3.36. The van der Waals surface area contributed by atoms with E-state index in [0.29, 0.717) is 6.42 Å². The van der Waals surface area contributed by atoms with E-state index < -0.39 is 11.2 Å². The Balaban J connectivity index is 4.88. The number of rotatable bonds is 5. The van der Waals surface area contributed by atoms with Crippen molar-refractivity contribution in [2.24, 2.45) is 11.8 Å². The molecule has 16 heavy (non-hydrogen) atoms. The molecule has 0 aliphatic rings. The fourth-order valence-corrected chi connectivity index (χ4v) is 1.65. The molecule has 0 aromatic heterocycles. The van der Waals surface area contributed by atoms with E-state index in [9.17, 15) is 10.2 Å². The van der Waals surface area contributed by atoms with Crippen LogP contribution in [0.25, 0.3) is 0 Å². The summed E-state index contributed by atoms with van der Waals surface area (Å²) in [7, 11) is 0. The van der Waals surface area contributed by atoms with Gasteiger partial charge in [-0.25, -0.2) is 0 Å². The van der Waals surface area contributed by atoms with Gasteiger partial charge in [-0.3, -0.25) is 0 Å². The molecule has 2 nitrogen and oxygen atoms in total. The van der Waals surface area contributed by atoms with E-state index in [2.05, 4.69) is 12.5 Å². The summed E-state index contributed by atoms with van der Waals surface area (Å²) in [5.41, 5.74) is -1.14. The second kappa shape index (κ2) is 5.03. The van der Waals surface area contributed by atoms with Crippen LogP contribution in [-0.2, 0) is 0 Å². The van der Waals surface area contributed by atoms with Crippen molar-refractivity contribution < 1.29 is 10.2 Å². The summed E-state index contributed by atoms with van der Waals surface area (Å²) in [6.45, 7) is 12.8. The molecule has 0 rings (SSSR count). The van der Waals surface area contributed by atoms with E-state index in [4.69, 9.17) is 6.42 Å². The van der Waals surface area contributed by atoms with Crippen LogP contribution in [0.2, 0.25) is 0 Å². The van der Waals surface area contributed by atoms with Crippen molar-refractivity contribution >= 4 is 0 Å². The van der Waals surface area contributed by atoms with Crippen LogP contribution in [0.1, 0.15) is 41.0 Å². The van der Waals surface area contributed by atoms with E-state index in [1.165, 1.54) is 0 Å². The summed E-state index contributed by atoms with van der Waals surface area (Å²) in [6, 6.07) is 0. The Bertz CT molecular complexity index is 289. The van der Waals surface area contributed by atoms with Gasteiger partial charge in [0.05, 0.1) is 5.60 Å². The summed E-state index contributed by atoms with van der Waals surface area (Å²) in [5.74, 6) is 2.23. The van der Waals surface area contributed by atoms with E-state index in [1.54, 1.807) is 20.8 Å². The molecular weight excluding hydrogens is 200 g/mol. The molecule has 2 N–H and O–H groups in total. The van der Waals surface area contributed by atoms with Crippen LogP contribution in [0, 0.1) is 24.2 Å². The molecule has 0 aromatic carbocycles. The highest BCUT2D eigenvalue weighted by Gasteiger charge is 2.34. The highest BCUT2D eigenvalue weighted by molar-refractivity contribution is 5.17. The van der Waals surface area contributed by atoms with E-state index in [1.807, 2.05) is 13.8 Å². The summed E-state index contributed by atoms with van der Waals surface area (Å²) < 4.78 is 0. The van der Waals surface area contributed by atoms with Gasteiger partial charge in [-0.15, -0.1) is 6.42 Å². The Morgan fingerprint density at radius 3 is 2.06 bits per heavy atom. The van der Waals surface area contributed by atoms with E-state index >= 15 is 0 Å². The first-order valence-corrected chi connectivity index (χ1v) is 5.60. The molecule has 0 heterocycles. The molecule has 0 fully saturated rings. The minimum absolute atomic E-state index is 0.0361. The van der Waals surface area contributed by atoms with Gasteiger partial charge in [0.2, 0.25) is 0 Å². The first-order chi connectivity index (χ1) is 7.02. The summed E-state index contributed by atoms with van der Waals surface area (Å²) >= 11 is 0. The average Bonchev–Trinajstić information content (AvgIpc) is 2.11. The van der Waals surface area contributed by atoms with Crippen LogP contribution >= 0.6 is 0 Å². The van der Waals surface area contributed by atoms with Crippen molar-refractivity contribution in [3.63, 3.8) is 0 Å². The Morgan fingerprint density at radius 1 is 1.38 bits per heavy atom. The zero-order valence-corrected chi connectivity index (χ0v) is 11.0. The SMILES string of the molecule is C#CC(C)(O)C(CC(C)C(C)(C)O)C(=C)C. The van der Waals surface area contributed by atoms with Gasteiger partial charge in [-0.2, -0.15) is 0 Å². The molecule has 0 bridgehead atoms. The van der Waals surface area contributed by atoms with Gasteiger partial charge in [-0.1, -0.05) is 25.0 Å². The summed E-state index contributed by atoms with van der Waals surface area (Å²) in [5, 5.41) is 20.0. The molecule has 2 heteroatoms. The Labute approximate surface area is 99.4 Å². The predicted octanol–water partition coefficient (Wildman–Crippen LogP) is 2.36. The minimum atomic E-state index is -1.20. The lowest BCUT2D eigenvalue weighted by molar-refractivity contribution is -0.00489. The van der Waals surface area contributed by atoms with Gasteiger partial charge < -0.3 is 10.2 Å². The van der Waals surface area contributed by atoms with Crippen molar-refractivity contribution in [3.8, 4) is 12.3 Å². The van der Waals surface area contributed by atoms with Crippen LogP contribution < -0.4 is 0 Å². The van der Waals surface area contributed by atoms with Crippen molar-refractivity contribution in [2.45, 2.75) is 52.2 Å². The standard InChI is InChI=1S/C14H24O2/c1-8-14(7,16)12(10(2)3)9-11(4)13(5,6)15/h1,11-12,15-16H,2,9H2,3-7H3. The third-order valence-corrected chi connectivity index (χ3v) is 3.36. The molecule has 0 aromatic rings. The molecule has 0 amide bonds. The monoisotopic (exact) mass is 224 g/mol. The van der Waals surface area contributed by atoms with Gasteiger partial charge in [0, 0.05) is 5.92 Å². The Hall–Kier alpha value is -0.780. The summed E-state index contributed by atoms with van der Waals surface area (Å²) in [6.07, 6.45) is 5.95. The molecule has 3 atom stereocenters. The third kappa shape index (κ3) is 4.00. The van der Waals surface area contributed by atoms with Gasteiger partial charge in [-0.05, 0) is 40.0 Å². The van der Waals surface area contributed by atoms with Gasteiger partial charge in [0.15, 0.2) is 0 Å². The predicted molar refractivity (Wildman–Crippen MR) is 67.8 cm³/mol. The second-order valence-electron chi connectivity index (χ2n) is 5.48. The lowest BCUT2D eigenvalue weighted by Crippen LogP contribution is -2.38. The molecule has 0 aliphatic heterocycles. The van der Waals surface area contributed by atoms with Crippen LogP contribution in [0.4, 0.5) is 0 Å². The Morgan fingerprint density at radius 2 is 1.81 bits per heavy atom. The quantitative estimate of drug-likeness (QED) is 0.556. The highest BCUT2D eigenvalue weighted by Crippen LogP contribution is 2.33. The summed E-state index contributed by atoms with van der Waals surface area (Å²) in [4.78, 5) is 0. The largest absolute Gasteiger partial charge is 0.390 e. The zero-order chi connectivity index (χ0) is 13.1. The second-order valence-corrected chi connectivity index (χ2v) is 5.48. The number of aliphatic hydroxyl groups is 2. The van der Waals surface area contributed by atoms with Crippen LogP contribution in [-0.4, -0.2) is 21.4 Å². The van der Waals surface area contributed by atoms with Crippen molar-refractivity contribution in [1.29, 1.82) is 0 Å². The molecule has 0 saturated heterocycles. The van der Waals surface area contributed by atoms with Crippen LogP contribution in [0.15, 0.2) is 12.2 Å².